The summed E-state index contributed by atoms with van der Waals surface area (Å²) in [4.78, 5) is 8.80. The number of para-hydroxylation sites is 1. The van der Waals surface area contributed by atoms with E-state index in [0.717, 1.165) is 22.5 Å². The van der Waals surface area contributed by atoms with Crippen LogP contribution in [0, 0.1) is 13.8 Å². The molecule has 0 bridgehead atoms. The molecule has 0 unspecified atom stereocenters. The van der Waals surface area contributed by atoms with Gasteiger partial charge in [0.1, 0.15) is 0 Å². The molecule has 0 aliphatic rings. The van der Waals surface area contributed by atoms with Crippen LogP contribution in [0.15, 0.2) is 40.9 Å². The van der Waals surface area contributed by atoms with Crippen molar-refractivity contribution in [2.75, 3.05) is 5.73 Å². The number of pyridine rings is 1. The van der Waals surface area contributed by atoms with Crippen LogP contribution < -0.4 is 5.73 Å². The van der Waals surface area contributed by atoms with E-state index in [1.165, 1.54) is 0 Å². The maximum atomic E-state index is 5.92. The van der Waals surface area contributed by atoms with Gasteiger partial charge < -0.3 is 10.3 Å². The van der Waals surface area contributed by atoms with Gasteiger partial charge in [0.15, 0.2) is 0 Å². The van der Waals surface area contributed by atoms with Crippen molar-refractivity contribution in [3.05, 3.63) is 47.8 Å². The average molecular weight is 266 g/mol. The van der Waals surface area contributed by atoms with Gasteiger partial charge in [0.25, 0.3) is 5.89 Å². The van der Waals surface area contributed by atoms with Crippen LogP contribution in [0.1, 0.15) is 11.4 Å². The third-order valence-electron chi connectivity index (χ3n) is 3.08. The summed E-state index contributed by atoms with van der Waals surface area (Å²) in [7, 11) is 0. The Hall–Kier alpha value is -2.69. The van der Waals surface area contributed by atoms with E-state index >= 15 is 0 Å². The smallest absolute Gasteiger partial charge is 0.260 e. The maximum absolute atomic E-state index is 5.92. The van der Waals surface area contributed by atoms with Crippen molar-refractivity contribution in [3.63, 3.8) is 0 Å². The minimum atomic E-state index is 0.452. The molecule has 100 valence electrons. The van der Waals surface area contributed by atoms with Crippen LogP contribution in [0.25, 0.3) is 22.8 Å². The standard InChI is InChI=1S/C15H14N4O/c1-9-7-8-11(10(2)17-9)15-18-14(19-20-15)12-5-3-4-6-13(12)16/h3-8H,16H2,1-2H3. The van der Waals surface area contributed by atoms with Gasteiger partial charge in [-0.15, -0.1) is 0 Å². The number of nitrogens with two attached hydrogens (primary N) is 1. The summed E-state index contributed by atoms with van der Waals surface area (Å²) in [5.41, 5.74) is 9.96. The van der Waals surface area contributed by atoms with E-state index in [1.54, 1.807) is 0 Å². The molecule has 0 aliphatic heterocycles. The molecule has 0 amide bonds. The molecular formula is C15H14N4O. The second kappa shape index (κ2) is 4.77. The van der Waals surface area contributed by atoms with Crippen LogP contribution in [0.2, 0.25) is 0 Å². The molecule has 3 aromatic rings. The number of aromatic nitrogens is 3. The molecule has 2 heterocycles. The molecule has 2 N–H and O–H groups in total. The zero-order valence-electron chi connectivity index (χ0n) is 11.3. The number of rotatable bonds is 2. The summed E-state index contributed by atoms with van der Waals surface area (Å²) in [5.74, 6) is 0.936. The third-order valence-corrected chi connectivity index (χ3v) is 3.08. The lowest BCUT2D eigenvalue weighted by Crippen LogP contribution is -1.92. The van der Waals surface area contributed by atoms with Crippen LogP contribution in [-0.2, 0) is 0 Å². The molecule has 0 atom stereocenters. The van der Waals surface area contributed by atoms with Crippen molar-refractivity contribution in [2.24, 2.45) is 0 Å². The SMILES string of the molecule is Cc1ccc(-c2nc(-c3ccccc3N)no2)c(C)n1. The Morgan fingerprint density at radius 2 is 1.75 bits per heavy atom. The van der Waals surface area contributed by atoms with Crippen LogP contribution in [-0.4, -0.2) is 15.1 Å². The lowest BCUT2D eigenvalue weighted by molar-refractivity contribution is 0.432. The van der Waals surface area contributed by atoms with Crippen molar-refractivity contribution in [1.82, 2.24) is 15.1 Å². The van der Waals surface area contributed by atoms with Gasteiger partial charge in [0, 0.05) is 16.9 Å². The van der Waals surface area contributed by atoms with Gasteiger partial charge >= 0.3 is 0 Å². The number of aryl methyl sites for hydroxylation is 2. The molecule has 5 nitrogen and oxygen atoms in total. The van der Waals surface area contributed by atoms with Crippen LogP contribution in [0.5, 0.6) is 0 Å². The first-order valence-corrected chi connectivity index (χ1v) is 6.28. The van der Waals surface area contributed by atoms with Gasteiger partial charge in [0.2, 0.25) is 5.82 Å². The molecule has 5 heteroatoms. The second-order valence-electron chi connectivity index (χ2n) is 4.60. The zero-order valence-corrected chi connectivity index (χ0v) is 11.3. The van der Waals surface area contributed by atoms with E-state index in [4.69, 9.17) is 10.3 Å². The highest BCUT2D eigenvalue weighted by Crippen LogP contribution is 2.26. The lowest BCUT2D eigenvalue weighted by atomic mass is 10.1. The minimum Gasteiger partial charge on any atom is -0.398 e. The number of nitrogen functional groups attached to an aromatic ring is 1. The average Bonchev–Trinajstić information content (AvgIpc) is 2.88. The molecule has 3 rings (SSSR count). The molecular weight excluding hydrogens is 252 g/mol. The number of anilines is 1. The van der Waals surface area contributed by atoms with Gasteiger partial charge in [0.05, 0.1) is 11.3 Å². The van der Waals surface area contributed by atoms with E-state index < -0.39 is 0 Å². The fourth-order valence-electron chi connectivity index (χ4n) is 2.06. The topological polar surface area (TPSA) is 77.8 Å². The van der Waals surface area contributed by atoms with E-state index in [1.807, 2.05) is 50.2 Å². The van der Waals surface area contributed by atoms with Crippen molar-refractivity contribution < 1.29 is 4.52 Å². The van der Waals surface area contributed by atoms with Gasteiger partial charge in [-0.05, 0) is 38.1 Å². The van der Waals surface area contributed by atoms with Gasteiger partial charge in [-0.25, -0.2) is 0 Å². The monoisotopic (exact) mass is 266 g/mol. The molecule has 0 saturated carbocycles. The van der Waals surface area contributed by atoms with E-state index in [9.17, 15) is 0 Å². The summed E-state index contributed by atoms with van der Waals surface area (Å²) in [5, 5.41) is 3.99. The van der Waals surface area contributed by atoms with Crippen LogP contribution >= 0.6 is 0 Å². The van der Waals surface area contributed by atoms with Gasteiger partial charge in [-0.3, -0.25) is 4.98 Å². The maximum Gasteiger partial charge on any atom is 0.260 e. The van der Waals surface area contributed by atoms with Crippen molar-refractivity contribution in [1.29, 1.82) is 0 Å². The van der Waals surface area contributed by atoms with Crippen molar-refractivity contribution in [2.45, 2.75) is 13.8 Å². The highest BCUT2D eigenvalue weighted by atomic mass is 16.5. The molecule has 0 spiro atoms. The molecule has 0 radical (unpaired) electrons. The van der Waals surface area contributed by atoms with Crippen LogP contribution in [0.4, 0.5) is 5.69 Å². The van der Waals surface area contributed by atoms with Crippen LogP contribution in [0.3, 0.4) is 0 Å². The highest BCUT2D eigenvalue weighted by Gasteiger charge is 2.14. The van der Waals surface area contributed by atoms with E-state index in [2.05, 4.69) is 15.1 Å². The summed E-state index contributed by atoms with van der Waals surface area (Å²) < 4.78 is 5.32. The molecule has 2 aromatic heterocycles. The largest absolute Gasteiger partial charge is 0.398 e. The Labute approximate surface area is 116 Å². The van der Waals surface area contributed by atoms with Gasteiger partial charge in [-0.1, -0.05) is 17.3 Å². The van der Waals surface area contributed by atoms with E-state index in [-0.39, 0.29) is 0 Å². The molecule has 0 aliphatic carbocycles. The van der Waals surface area contributed by atoms with Gasteiger partial charge in [-0.2, -0.15) is 4.98 Å². The fourth-order valence-corrected chi connectivity index (χ4v) is 2.06. The molecule has 0 fully saturated rings. The Kier molecular flexibility index (Phi) is 2.95. The lowest BCUT2D eigenvalue weighted by Gasteiger charge is -2.00. The Balaban J connectivity index is 2.04. The quantitative estimate of drug-likeness (QED) is 0.721. The van der Waals surface area contributed by atoms with E-state index in [0.29, 0.717) is 17.4 Å². The minimum absolute atomic E-state index is 0.452. The third kappa shape index (κ3) is 2.14. The fraction of sp³-hybridized carbons (Fsp3) is 0.133. The Bertz CT molecular complexity index is 764. The predicted molar refractivity (Wildman–Crippen MR) is 76.9 cm³/mol. The normalized spacial score (nSPS) is 10.7. The summed E-state index contributed by atoms with van der Waals surface area (Å²) in [6.07, 6.45) is 0. The Morgan fingerprint density at radius 1 is 0.950 bits per heavy atom. The molecule has 20 heavy (non-hydrogen) atoms. The number of hydrogen-bond donors (Lipinski definition) is 1. The molecule has 1 aromatic carbocycles. The zero-order chi connectivity index (χ0) is 14.1. The highest BCUT2D eigenvalue weighted by molar-refractivity contribution is 5.72. The number of benzene rings is 1. The van der Waals surface area contributed by atoms with Crippen molar-refractivity contribution >= 4 is 5.69 Å². The first-order chi connectivity index (χ1) is 9.65. The van der Waals surface area contributed by atoms with Crippen molar-refractivity contribution in [3.8, 4) is 22.8 Å². The first kappa shape index (κ1) is 12.3. The summed E-state index contributed by atoms with van der Waals surface area (Å²) in [6.45, 7) is 3.86. The second-order valence-corrected chi connectivity index (χ2v) is 4.60. The summed E-state index contributed by atoms with van der Waals surface area (Å²) >= 11 is 0. The predicted octanol–water partition coefficient (Wildman–Crippen LogP) is 3.00. The molecule has 0 saturated heterocycles. The number of hydrogen-bond acceptors (Lipinski definition) is 5. The summed E-state index contributed by atoms with van der Waals surface area (Å²) in [6, 6.07) is 11.3. The Morgan fingerprint density at radius 3 is 2.50 bits per heavy atom. The number of nitrogens with zero attached hydrogens (tertiary/aromatic N) is 3. The first-order valence-electron chi connectivity index (χ1n) is 6.28.